The molecule has 2 nitrogen and oxygen atoms in total. The quantitative estimate of drug-likeness (QED) is 0.704. The third kappa shape index (κ3) is 6.29. The molecule has 0 saturated carbocycles. The molecule has 2 rings (SSSR count). The number of carbonyl (C=O) groups is 1. The van der Waals surface area contributed by atoms with E-state index in [1.165, 1.54) is 39.5 Å². The van der Waals surface area contributed by atoms with Gasteiger partial charge in [-0.15, -0.1) is 0 Å². The zero-order valence-electron chi connectivity index (χ0n) is 12.5. The van der Waals surface area contributed by atoms with Crippen LogP contribution >= 0.6 is 22.6 Å². The van der Waals surface area contributed by atoms with Crippen LogP contribution in [0.15, 0.2) is 48.5 Å². The van der Waals surface area contributed by atoms with E-state index < -0.39 is 5.97 Å². The largest absolute Gasteiger partial charge is 0.481 e. The third-order valence-electron chi connectivity index (χ3n) is 2.98. The smallest absolute Gasteiger partial charge is 0.300 e. The maximum atomic E-state index is 9.00. The molecule has 0 bridgehead atoms. The molecule has 2 aromatic carbocycles. The molecule has 0 aliphatic heterocycles. The van der Waals surface area contributed by atoms with Crippen molar-refractivity contribution in [3.8, 4) is 11.1 Å². The molecule has 0 unspecified atom stereocenters. The Kier molecular flexibility index (Phi) is 8.05. The van der Waals surface area contributed by atoms with Crippen molar-refractivity contribution in [1.82, 2.24) is 0 Å². The highest BCUT2D eigenvalue weighted by Gasteiger charge is 2.06. The Morgan fingerprint density at radius 3 is 2.14 bits per heavy atom. The van der Waals surface area contributed by atoms with E-state index in [1.54, 1.807) is 0 Å². The number of hydrogen-bond donors (Lipinski definition) is 1. The average Bonchev–Trinajstić information content (AvgIpc) is 2.45. The van der Waals surface area contributed by atoms with Gasteiger partial charge in [0.25, 0.3) is 5.97 Å². The Balaban J connectivity index is 0.000000491. The summed E-state index contributed by atoms with van der Waals surface area (Å²) in [5.41, 5.74) is 4.23. The minimum atomic E-state index is -0.833. The highest BCUT2D eigenvalue weighted by molar-refractivity contribution is 14.1. The van der Waals surface area contributed by atoms with Crippen molar-refractivity contribution in [3.05, 3.63) is 57.7 Å². The number of carboxylic acid groups (broad SMARTS) is 1. The van der Waals surface area contributed by atoms with Gasteiger partial charge in [-0.05, 0) is 58.2 Å². The summed E-state index contributed by atoms with van der Waals surface area (Å²) >= 11 is 2.42. The molecule has 0 aromatic heterocycles. The lowest BCUT2D eigenvalue weighted by molar-refractivity contribution is -0.134. The van der Waals surface area contributed by atoms with Gasteiger partial charge < -0.3 is 5.11 Å². The zero-order valence-corrected chi connectivity index (χ0v) is 14.6. The summed E-state index contributed by atoms with van der Waals surface area (Å²) in [5.74, 6) is -0.833. The number of carboxylic acids is 1. The first kappa shape index (κ1) is 17.7. The predicted octanol–water partition coefficient (Wildman–Crippen LogP) is 5.39. The lowest BCUT2D eigenvalue weighted by atomic mass is 9.96. The average molecular weight is 396 g/mol. The molecule has 0 aliphatic carbocycles. The number of aryl methyl sites for hydroxylation is 1. The normalized spacial score (nSPS) is 9.67. The fourth-order valence-corrected chi connectivity index (χ4v) is 2.73. The minimum Gasteiger partial charge on any atom is -0.481 e. The minimum absolute atomic E-state index is 0.833. The van der Waals surface area contributed by atoms with Gasteiger partial charge in [0.05, 0.1) is 0 Å². The molecule has 0 radical (unpaired) electrons. The molecule has 0 fully saturated rings. The Hall–Kier alpha value is -1.36. The SMILES string of the molecule is CC(=O)O.CCCCc1ccccc1-c1ccccc1I. The van der Waals surface area contributed by atoms with Crippen molar-refractivity contribution in [3.63, 3.8) is 0 Å². The number of benzene rings is 2. The van der Waals surface area contributed by atoms with Crippen LogP contribution in [-0.4, -0.2) is 11.1 Å². The molecule has 0 saturated heterocycles. The number of halogens is 1. The van der Waals surface area contributed by atoms with E-state index in [0.717, 1.165) is 6.92 Å². The van der Waals surface area contributed by atoms with Gasteiger partial charge >= 0.3 is 0 Å². The van der Waals surface area contributed by atoms with Crippen LogP contribution in [0.2, 0.25) is 0 Å². The van der Waals surface area contributed by atoms with E-state index in [2.05, 4.69) is 78.0 Å². The molecule has 2 aromatic rings. The van der Waals surface area contributed by atoms with Gasteiger partial charge in [-0.25, -0.2) is 0 Å². The van der Waals surface area contributed by atoms with Crippen LogP contribution in [0.1, 0.15) is 32.3 Å². The van der Waals surface area contributed by atoms with Crippen LogP contribution in [0.5, 0.6) is 0 Å². The molecule has 112 valence electrons. The highest BCUT2D eigenvalue weighted by Crippen LogP contribution is 2.28. The fraction of sp³-hybridized carbons (Fsp3) is 0.278. The van der Waals surface area contributed by atoms with Crippen LogP contribution in [-0.2, 0) is 11.2 Å². The van der Waals surface area contributed by atoms with Gasteiger partial charge in [0.2, 0.25) is 0 Å². The van der Waals surface area contributed by atoms with Gasteiger partial charge in [0.15, 0.2) is 0 Å². The first-order chi connectivity index (χ1) is 10.1. The van der Waals surface area contributed by atoms with E-state index >= 15 is 0 Å². The molecule has 1 N–H and O–H groups in total. The van der Waals surface area contributed by atoms with Crippen molar-refractivity contribution in [2.45, 2.75) is 33.1 Å². The standard InChI is InChI=1S/C16H17I.C2H4O2/c1-2-3-8-13-9-4-5-10-14(13)15-11-6-7-12-16(15)17;1-2(3)4/h4-7,9-12H,2-3,8H2,1H3;1H3,(H,3,4). The number of rotatable bonds is 4. The molecule has 0 heterocycles. The Bertz CT molecular complexity index is 575. The van der Waals surface area contributed by atoms with Gasteiger partial charge in [-0.2, -0.15) is 0 Å². The summed E-state index contributed by atoms with van der Waals surface area (Å²) in [6.07, 6.45) is 3.69. The van der Waals surface area contributed by atoms with Crippen LogP contribution in [0, 0.1) is 3.57 Å². The lowest BCUT2D eigenvalue weighted by Crippen LogP contribution is -1.91. The van der Waals surface area contributed by atoms with Crippen molar-refractivity contribution in [2.75, 3.05) is 0 Å². The maximum Gasteiger partial charge on any atom is 0.300 e. The molecule has 3 heteroatoms. The van der Waals surface area contributed by atoms with Crippen molar-refractivity contribution >= 4 is 28.6 Å². The second-order valence-corrected chi connectivity index (χ2v) is 5.92. The molecule has 0 aliphatic rings. The zero-order chi connectivity index (χ0) is 15.7. The van der Waals surface area contributed by atoms with E-state index in [9.17, 15) is 0 Å². The third-order valence-corrected chi connectivity index (χ3v) is 3.92. The molecule has 21 heavy (non-hydrogen) atoms. The summed E-state index contributed by atoms with van der Waals surface area (Å²) in [6, 6.07) is 17.4. The first-order valence-electron chi connectivity index (χ1n) is 7.08. The van der Waals surface area contributed by atoms with Gasteiger partial charge in [-0.3, -0.25) is 4.79 Å². The topological polar surface area (TPSA) is 37.3 Å². The molecule has 0 atom stereocenters. The Morgan fingerprint density at radius 1 is 1.05 bits per heavy atom. The Morgan fingerprint density at radius 2 is 1.57 bits per heavy atom. The fourth-order valence-electron chi connectivity index (χ4n) is 2.05. The number of aliphatic carboxylic acids is 1. The highest BCUT2D eigenvalue weighted by atomic mass is 127. The van der Waals surface area contributed by atoms with E-state index in [1.807, 2.05) is 0 Å². The Labute approximate surface area is 140 Å². The summed E-state index contributed by atoms with van der Waals surface area (Å²) in [7, 11) is 0. The maximum absolute atomic E-state index is 9.00. The summed E-state index contributed by atoms with van der Waals surface area (Å²) in [6.45, 7) is 3.33. The first-order valence-corrected chi connectivity index (χ1v) is 8.16. The van der Waals surface area contributed by atoms with Gasteiger partial charge in [0.1, 0.15) is 0 Å². The summed E-state index contributed by atoms with van der Waals surface area (Å²) in [4.78, 5) is 9.00. The van der Waals surface area contributed by atoms with Crippen molar-refractivity contribution in [1.29, 1.82) is 0 Å². The molecule has 0 spiro atoms. The van der Waals surface area contributed by atoms with Crippen LogP contribution in [0.3, 0.4) is 0 Å². The lowest BCUT2D eigenvalue weighted by Gasteiger charge is -2.10. The van der Waals surface area contributed by atoms with E-state index in [-0.39, 0.29) is 0 Å². The van der Waals surface area contributed by atoms with Crippen LogP contribution < -0.4 is 0 Å². The van der Waals surface area contributed by atoms with E-state index in [4.69, 9.17) is 9.90 Å². The van der Waals surface area contributed by atoms with Crippen molar-refractivity contribution < 1.29 is 9.90 Å². The molecular formula is C18H21IO2. The molecular weight excluding hydrogens is 375 g/mol. The number of unbranched alkanes of at least 4 members (excludes halogenated alkanes) is 1. The van der Waals surface area contributed by atoms with E-state index in [0.29, 0.717) is 0 Å². The van der Waals surface area contributed by atoms with Gasteiger partial charge in [0, 0.05) is 10.5 Å². The van der Waals surface area contributed by atoms with Crippen LogP contribution in [0.25, 0.3) is 11.1 Å². The molecule has 0 amide bonds. The summed E-state index contributed by atoms with van der Waals surface area (Å²) in [5, 5.41) is 7.42. The van der Waals surface area contributed by atoms with Gasteiger partial charge in [-0.1, -0.05) is 55.8 Å². The predicted molar refractivity (Wildman–Crippen MR) is 96.5 cm³/mol. The van der Waals surface area contributed by atoms with Crippen molar-refractivity contribution in [2.24, 2.45) is 0 Å². The van der Waals surface area contributed by atoms with Crippen LogP contribution in [0.4, 0.5) is 0 Å². The second kappa shape index (κ2) is 9.55. The number of hydrogen-bond acceptors (Lipinski definition) is 1. The monoisotopic (exact) mass is 396 g/mol. The summed E-state index contributed by atoms with van der Waals surface area (Å²) < 4.78 is 1.33. The second-order valence-electron chi connectivity index (χ2n) is 4.76.